The summed E-state index contributed by atoms with van der Waals surface area (Å²) in [5.41, 5.74) is 1.42. The molecule has 51 heavy (non-hydrogen) atoms. The van der Waals surface area contributed by atoms with E-state index >= 15 is 0 Å². The zero-order valence-corrected chi connectivity index (χ0v) is 32.3. The first-order valence-corrected chi connectivity index (χ1v) is 21.1. The minimum Gasteiger partial charge on any atom is -0.394 e. The Hall–Kier alpha value is -0.850. The van der Waals surface area contributed by atoms with Crippen LogP contribution in [0, 0.1) is 10.8 Å². The lowest BCUT2D eigenvalue weighted by atomic mass is 9.35. The number of carbonyl (C=O) groups excluding carboxylic acids is 1. The summed E-state index contributed by atoms with van der Waals surface area (Å²) in [7, 11) is 0. The minimum atomic E-state index is -1.60. The average Bonchev–Trinajstić information content (AvgIpc) is 3.09. The number of unbranched alkanes of at least 4 members (excludes halogenated alkanes) is 18. The molecule has 1 heterocycles. The topological polar surface area (TPSA) is 169 Å². The second-order valence-corrected chi connectivity index (χ2v) is 17.1. The Morgan fingerprint density at radius 3 is 1.78 bits per heavy atom. The molecule has 5 unspecified atom stereocenters. The molecule has 3 aliphatic carbocycles. The van der Waals surface area contributed by atoms with Crippen LogP contribution in [-0.4, -0.2) is 98.7 Å². The van der Waals surface area contributed by atoms with Gasteiger partial charge in [-0.3, -0.25) is 4.79 Å². The molecule has 0 aromatic carbocycles. The molecule has 2 bridgehead atoms. The van der Waals surface area contributed by atoms with Gasteiger partial charge in [0.2, 0.25) is 5.91 Å². The largest absolute Gasteiger partial charge is 0.394 e. The molecule has 10 heteroatoms. The van der Waals surface area contributed by atoms with Crippen LogP contribution in [0.3, 0.4) is 0 Å². The van der Waals surface area contributed by atoms with Crippen LogP contribution in [0.2, 0.25) is 0 Å². The first-order chi connectivity index (χ1) is 24.5. The van der Waals surface area contributed by atoms with Gasteiger partial charge in [-0.15, -0.1) is 0 Å². The van der Waals surface area contributed by atoms with Gasteiger partial charge in [0.15, 0.2) is 6.29 Å². The maximum Gasteiger partial charge on any atom is 0.220 e. The van der Waals surface area contributed by atoms with E-state index in [9.17, 15) is 35.4 Å². The zero-order chi connectivity index (χ0) is 37.1. The van der Waals surface area contributed by atoms with E-state index in [1.807, 2.05) is 0 Å². The number of ether oxygens (including phenoxy) is 2. The van der Waals surface area contributed by atoms with E-state index in [0.717, 1.165) is 43.9 Å². The lowest BCUT2D eigenvalue weighted by Crippen LogP contribution is -2.60. The highest BCUT2D eigenvalue weighted by atomic mass is 16.7. The Balaban J connectivity index is 1.32. The second kappa shape index (κ2) is 23.8. The summed E-state index contributed by atoms with van der Waals surface area (Å²) in [5.74, 6) is -0.253. The maximum atomic E-state index is 13.0. The average molecular weight is 728 g/mol. The van der Waals surface area contributed by atoms with Crippen LogP contribution in [0.5, 0.6) is 0 Å². The second-order valence-electron chi connectivity index (χ2n) is 17.1. The summed E-state index contributed by atoms with van der Waals surface area (Å²) >= 11 is 0. The predicted octanol–water partition coefficient (Wildman–Crippen LogP) is 6.19. The van der Waals surface area contributed by atoms with E-state index in [1.165, 1.54) is 116 Å². The van der Waals surface area contributed by atoms with Crippen LogP contribution in [0.15, 0.2) is 0 Å². The predicted molar refractivity (Wildman–Crippen MR) is 200 cm³/mol. The van der Waals surface area contributed by atoms with Crippen molar-refractivity contribution >= 4 is 5.91 Å². The SMILES string of the molecule is CCCCCCCCCCCCCC[C@@H](O)[C@@H](O)[C@H](COC1OC(CO)C(O)C(O)C1O)NC(=O)CCCCCCCCCCC12CC(C)(C1)C2. The molecule has 0 aromatic rings. The Bertz CT molecular complexity index is 915. The van der Waals surface area contributed by atoms with Crippen molar-refractivity contribution in [2.24, 2.45) is 10.8 Å². The smallest absolute Gasteiger partial charge is 0.220 e. The first kappa shape index (κ1) is 44.5. The summed E-state index contributed by atoms with van der Waals surface area (Å²) in [5, 5.41) is 65.0. The fourth-order valence-corrected chi connectivity index (χ4v) is 9.21. The highest BCUT2D eigenvalue weighted by Crippen LogP contribution is 2.74. The van der Waals surface area contributed by atoms with Crippen molar-refractivity contribution in [1.82, 2.24) is 5.32 Å². The van der Waals surface area contributed by atoms with E-state index in [0.29, 0.717) is 18.3 Å². The maximum absolute atomic E-state index is 13.0. The van der Waals surface area contributed by atoms with Crippen LogP contribution in [0.1, 0.15) is 181 Å². The summed E-state index contributed by atoms with van der Waals surface area (Å²) in [4.78, 5) is 13.0. The number of aliphatic hydroxyl groups is 6. The molecule has 1 amide bonds. The van der Waals surface area contributed by atoms with Gasteiger partial charge in [-0.05, 0) is 49.4 Å². The molecule has 0 aromatic heterocycles. The number of nitrogens with one attached hydrogen (secondary N) is 1. The molecule has 0 spiro atoms. The monoisotopic (exact) mass is 728 g/mol. The Morgan fingerprint density at radius 2 is 1.25 bits per heavy atom. The molecule has 8 atom stereocenters. The van der Waals surface area contributed by atoms with Crippen LogP contribution < -0.4 is 5.32 Å². The molecular weight excluding hydrogens is 650 g/mol. The number of carbonyl (C=O) groups is 1. The molecule has 1 saturated heterocycles. The van der Waals surface area contributed by atoms with Crippen LogP contribution in [0.25, 0.3) is 0 Å². The van der Waals surface area contributed by atoms with E-state index in [1.54, 1.807) is 0 Å². The minimum absolute atomic E-state index is 0.253. The van der Waals surface area contributed by atoms with E-state index in [4.69, 9.17) is 9.47 Å². The van der Waals surface area contributed by atoms with Gasteiger partial charge in [0.05, 0.1) is 25.4 Å². The Morgan fingerprint density at radius 1 is 0.745 bits per heavy atom. The summed E-state index contributed by atoms with van der Waals surface area (Å²) in [6.07, 6.45) is 20.3. The molecule has 3 saturated carbocycles. The molecule has 4 fully saturated rings. The normalized spacial score (nSPS) is 30.3. The van der Waals surface area contributed by atoms with Crippen molar-refractivity contribution in [2.45, 2.75) is 230 Å². The van der Waals surface area contributed by atoms with Gasteiger partial charge in [0.1, 0.15) is 30.5 Å². The number of rotatable bonds is 31. The third-order valence-corrected chi connectivity index (χ3v) is 12.1. The molecular formula is C41H77NO9. The molecule has 7 N–H and O–H groups in total. The van der Waals surface area contributed by atoms with Gasteiger partial charge >= 0.3 is 0 Å². The van der Waals surface area contributed by atoms with E-state index < -0.39 is 55.6 Å². The summed E-state index contributed by atoms with van der Waals surface area (Å²) in [6.45, 7) is 3.77. The fraction of sp³-hybridized carbons (Fsp3) is 0.976. The third-order valence-electron chi connectivity index (χ3n) is 12.1. The van der Waals surface area contributed by atoms with Crippen LogP contribution in [0.4, 0.5) is 0 Å². The van der Waals surface area contributed by atoms with Crippen molar-refractivity contribution in [3.05, 3.63) is 0 Å². The van der Waals surface area contributed by atoms with Crippen LogP contribution in [-0.2, 0) is 14.3 Å². The van der Waals surface area contributed by atoms with Crippen molar-refractivity contribution in [2.75, 3.05) is 13.2 Å². The number of hydrogen-bond donors (Lipinski definition) is 7. The van der Waals surface area contributed by atoms with Gasteiger partial charge in [-0.25, -0.2) is 0 Å². The molecule has 4 aliphatic rings. The zero-order valence-electron chi connectivity index (χ0n) is 32.3. The highest BCUT2D eigenvalue weighted by molar-refractivity contribution is 5.76. The van der Waals surface area contributed by atoms with Crippen LogP contribution >= 0.6 is 0 Å². The lowest BCUT2D eigenvalue weighted by molar-refractivity contribution is -0.303. The number of hydrogen-bond acceptors (Lipinski definition) is 9. The molecule has 4 rings (SSSR count). The van der Waals surface area contributed by atoms with Gasteiger partial charge in [0.25, 0.3) is 0 Å². The number of aliphatic hydroxyl groups excluding tert-OH is 6. The highest BCUT2D eigenvalue weighted by Gasteiger charge is 2.63. The van der Waals surface area contributed by atoms with Crippen molar-refractivity contribution in [3.8, 4) is 0 Å². The van der Waals surface area contributed by atoms with Crippen molar-refractivity contribution < 1.29 is 44.9 Å². The summed E-state index contributed by atoms with van der Waals surface area (Å²) in [6, 6.07) is -0.981. The molecule has 0 radical (unpaired) electrons. The van der Waals surface area contributed by atoms with Gasteiger partial charge < -0.3 is 45.4 Å². The van der Waals surface area contributed by atoms with E-state index in [2.05, 4.69) is 19.2 Å². The molecule has 10 nitrogen and oxygen atoms in total. The molecule has 1 aliphatic heterocycles. The van der Waals surface area contributed by atoms with Gasteiger partial charge in [0, 0.05) is 6.42 Å². The summed E-state index contributed by atoms with van der Waals surface area (Å²) < 4.78 is 11.1. The fourth-order valence-electron chi connectivity index (χ4n) is 9.21. The Kier molecular flexibility index (Phi) is 20.8. The standard InChI is InChI=1S/C41H77NO9/c1-3-4-5-6-7-8-9-10-11-14-17-20-23-32(44)35(46)31(27-50-39-38(49)37(48)36(47)33(26-43)51-39)42-34(45)24-21-18-15-12-13-16-19-22-25-41-28-40(2,29-41)30-41/h31-33,35-39,43-44,46-49H,3-30H2,1-2H3,(H,42,45)/t31-,32+,33?,35-,36?,37?,38?,39?,40?,41?/m0/s1. The number of amides is 1. The third kappa shape index (κ3) is 15.4. The Labute approximate surface area is 309 Å². The first-order valence-electron chi connectivity index (χ1n) is 21.1. The van der Waals surface area contributed by atoms with E-state index in [-0.39, 0.29) is 12.5 Å². The molecule has 300 valence electrons. The van der Waals surface area contributed by atoms with Crippen molar-refractivity contribution in [1.29, 1.82) is 0 Å². The lowest BCUT2D eigenvalue weighted by Gasteiger charge is -2.70. The quantitative estimate of drug-likeness (QED) is 0.0412. The van der Waals surface area contributed by atoms with Gasteiger partial charge in [-0.1, -0.05) is 136 Å². The van der Waals surface area contributed by atoms with Gasteiger partial charge in [-0.2, -0.15) is 0 Å². The van der Waals surface area contributed by atoms with Crippen molar-refractivity contribution in [3.63, 3.8) is 0 Å².